The van der Waals surface area contributed by atoms with Crippen molar-refractivity contribution in [1.29, 1.82) is 5.26 Å². The quantitative estimate of drug-likeness (QED) is 0.553. The number of rotatable bonds is 1. The molecular weight excluding hydrogens is 230 g/mol. The molecule has 1 aromatic carbocycles. The first-order valence-electron chi connectivity index (χ1n) is 3.57. The number of ether oxygens (including phenoxy) is 1. The third kappa shape index (κ3) is 3.19. The number of hydrogen-bond acceptors (Lipinski definition) is 2. The smallest absolute Gasteiger partial charge is 0.140 e. The van der Waals surface area contributed by atoms with Crippen LogP contribution in [0.5, 0.6) is 5.75 Å². The molecule has 0 fully saturated rings. The van der Waals surface area contributed by atoms with Gasteiger partial charge in [0.05, 0.1) is 17.0 Å². The zero-order valence-corrected chi connectivity index (χ0v) is 8.34. The van der Waals surface area contributed by atoms with Crippen LogP contribution in [0.25, 0.3) is 0 Å². The van der Waals surface area contributed by atoms with Crippen LogP contribution >= 0.6 is 15.9 Å². The van der Waals surface area contributed by atoms with Crippen LogP contribution in [0.4, 0.5) is 0 Å². The van der Waals surface area contributed by atoms with Gasteiger partial charge in [-0.1, -0.05) is 15.9 Å². The highest BCUT2D eigenvalue weighted by Crippen LogP contribution is 2.10. The number of benzene rings is 1. The Morgan fingerprint density at radius 3 is 2.54 bits per heavy atom. The molecule has 64 valence electrons. The maximum Gasteiger partial charge on any atom is 0.140 e. The van der Waals surface area contributed by atoms with Crippen molar-refractivity contribution in [3.05, 3.63) is 29.8 Å². The van der Waals surface area contributed by atoms with Crippen molar-refractivity contribution in [2.75, 3.05) is 5.33 Å². The summed E-state index contributed by atoms with van der Waals surface area (Å²) < 4.78 is 5.05. The van der Waals surface area contributed by atoms with Crippen LogP contribution in [0.15, 0.2) is 24.3 Å². The predicted molar refractivity (Wildman–Crippen MR) is 53.4 cm³/mol. The lowest BCUT2D eigenvalue weighted by Crippen LogP contribution is -1.82. The third-order valence-electron chi connectivity index (χ3n) is 1.29. The number of nitrogens with zero attached hydrogens (tertiary/aromatic N) is 1. The van der Waals surface area contributed by atoms with E-state index in [0.717, 1.165) is 0 Å². The molecule has 0 aromatic heterocycles. The summed E-state index contributed by atoms with van der Waals surface area (Å²) in [7, 11) is 0. The second kappa shape index (κ2) is 5.24. The fourth-order valence-electron chi connectivity index (χ4n) is 0.720. The van der Waals surface area contributed by atoms with Crippen LogP contribution < -0.4 is 4.74 Å². The molecule has 0 N–H and O–H groups in total. The van der Waals surface area contributed by atoms with E-state index in [4.69, 9.17) is 10.00 Å². The van der Waals surface area contributed by atoms with E-state index >= 15 is 0 Å². The highest BCUT2D eigenvalue weighted by Gasteiger charge is 1.91. The Morgan fingerprint density at radius 2 is 2.00 bits per heavy atom. The van der Waals surface area contributed by atoms with Gasteiger partial charge >= 0.3 is 0 Å². The Bertz CT molecular complexity index is 367. The van der Waals surface area contributed by atoms with Crippen molar-refractivity contribution in [2.45, 2.75) is 0 Å². The van der Waals surface area contributed by atoms with Crippen LogP contribution in [-0.4, -0.2) is 5.33 Å². The maximum atomic E-state index is 8.52. The SMILES string of the molecule is N#Cc1ccc(OC#CCBr)cc1. The van der Waals surface area contributed by atoms with Crippen LogP contribution in [0, 0.1) is 23.4 Å². The van der Waals surface area contributed by atoms with Crippen LogP contribution in [0.1, 0.15) is 5.56 Å². The second-order valence-corrected chi connectivity index (χ2v) is 2.71. The van der Waals surface area contributed by atoms with E-state index in [2.05, 4.69) is 28.0 Å². The minimum absolute atomic E-state index is 0.587. The molecule has 0 heterocycles. The molecule has 0 saturated heterocycles. The van der Waals surface area contributed by atoms with E-state index in [1.165, 1.54) is 0 Å². The van der Waals surface area contributed by atoms with Crippen LogP contribution in [0.3, 0.4) is 0 Å². The summed E-state index contributed by atoms with van der Waals surface area (Å²) in [5.41, 5.74) is 0.612. The summed E-state index contributed by atoms with van der Waals surface area (Å²) >= 11 is 3.15. The van der Waals surface area contributed by atoms with E-state index in [1.54, 1.807) is 24.3 Å². The Morgan fingerprint density at radius 1 is 1.31 bits per heavy atom. The zero-order valence-electron chi connectivity index (χ0n) is 6.75. The monoisotopic (exact) mass is 235 g/mol. The highest BCUT2D eigenvalue weighted by atomic mass is 79.9. The number of hydrogen-bond donors (Lipinski definition) is 0. The first-order chi connectivity index (χ1) is 6.36. The normalized spacial score (nSPS) is 8.00. The Hall–Kier alpha value is -1.45. The number of nitriles is 1. The molecule has 0 aliphatic carbocycles. The molecule has 0 aliphatic heterocycles. The average molecular weight is 236 g/mol. The van der Waals surface area contributed by atoms with Crippen molar-refractivity contribution < 1.29 is 4.74 Å². The topological polar surface area (TPSA) is 33.0 Å². The lowest BCUT2D eigenvalue weighted by molar-refractivity contribution is 0.519. The Kier molecular flexibility index (Phi) is 3.88. The van der Waals surface area contributed by atoms with Crippen LogP contribution in [-0.2, 0) is 0 Å². The Labute approximate surface area is 85.3 Å². The van der Waals surface area contributed by atoms with Gasteiger partial charge in [-0.2, -0.15) is 5.26 Å². The maximum absolute atomic E-state index is 8.52. The summed E-state index contributed by atoms with van der Waals surface area (Å²) in [6.45, 7) is 0. The standard InChI is InChI=1S/C10H6BrNO/c11-6-1-7-13-10-4-2-9(8-12)3-5-10/h2-5H,6H2. The summed E-state index contributed by atoms with van der Waals surface area (Å²) in [5, 5.41) is 9.10. The lowest BCUT2D eigenvalue weighted by atomic mass is 10.2. The molecule has 0 spiro atoms. The van der Waals surface area contributed by atoms with Crippen molar-refractivity contribution in [2.24, 2.45) is 0 Å². The van der Waals surface area contributed by atoms with Gasteiger partial charge < -0.3 is 4.74 Å². The second-order valence-electron chi connectivity index (χ2n) is 2.15. The molecule has 0 radical (unpaired) electrons. The summed E-state index contributed by atoms with van der Waals surface area (Å²) in [4.78, 5) is 0. The van der Waals surface area contributed by atoms with Crippen molar-refractivity contribution in [1.82, 2.24) is 0 Å². The molecule has 0 saturated carbocycles. The van der Waals surface area contributed by atoms with Crippen molar-refractivity contribution >= 4 is 15.9 Å². The Balaban J connectivity index is 2.65. The summed E-state index contributed by atoms with van der Waals surface area (Å²) in [6.07, 6.45) is 2.51. The molecule has 13 heavy (non-hydrogen) atoms. The van der Waals surface area contributed by atoms with Gasteiger partial charge in [0, 0.05) is 0 Å². The van der Waals surface area contributed by atoms with Gasteiger partial charge in [0.15, 0.2) is 0 Å². The third-order valence-corrected chi connectivity index (χ3v) is 1.57. The number of halogens is 1. The number of alkyl halides is 1. The fraction of sp³-hybridized carbons (Fsp3) is 0.100. The van der Waals surface area contributed by atoms with E-state index in [-0.39, 0.29) is 0 Å². The first kappa shape index (κ1) is 9.64. The van der Waals surface area contributed by atoms with Crippen molar-refractivity contribution in [3.8, 4) is 23.8 Å². The highest BCUT2D eigenvalue weighted by molar-refractivity contribution is 9.09. The molecule has 3 heteroatoms. The van der Waals surface area contributed by atoms with Crippen molar-refractivity contribution in [3.63, 3.8) is 0 Å². The molecule has 0 aliphatic rings. The van der Waals surface area contributed by atoms with Gasteiger partial charge in [0.2, 0.25) is 0 Å². The van der Waals surface area contributed by atoms with Gasteiger partial charge in [-0.25, -0.2) is 0 Å². The van der Waals surface area contributed by atoms with Gasteiger partial charge in [-0.05, 0) is 30.2 Å². The zero-order chi connectivity index (χ0) is 9.52. The van der Waals surface area contributed by atoms with Gasteiger partial charge in [-0.15, -0.1) is 0 Å². The van der Waals surface area contributed by atoms with Gasteiger partial charge in [0.25, 0.3) is 0 Å². The molecule has 2 nitrogen and oxygen atoms in total. The molecule has 1 aromatic rings. The predicted octanol–water partition coefficient (Wildman–Crippen LogP) is 2.29. The molecule has 0 bridgehead atoms. The minimum Gasteiger partial charge on any atom is -0.408 e. The summed E-state index contributed by atoms with van der Waals surface area (Å²) in [6, 6.07) is 8.81. The largest absolute Gasteiger partial charge is 0.408 e. The van der Waals surface area contributed by atoms with E-state index < -0.39 is 0 Å². The van der Waals surface area contributed by atoms with E-state index in [9.17, 15) is 0 Å². The molecular formula is C10H6BrNO. The minimum atomic E-state index is 0.587. The van der Waals surface area contributed by atoms with E-state index in [0.29, 0.717) is 16.6 Å². The molecule has 0 atom stereocenters. The first-order valence-corrected chi connectivity index (χ1v) is 4.70. The van der Waals surface area contributed by atoms with Gasteiger partial charge in [-0.3, -0.25) is 0 Å². The lowest BCUT2D eigenvalue weighted by Gasteiger charge is -1.94. The molecule has 0 unspecified atom stereocenters. The average Bonchev–Trinajstić information content (AvgIpc) is 2.19. The van der Waals surface area contributed by atoms with Crippen LogP contribution in [0.2, 0.25) is 0 Å². The van der Waals surface area contributed by atoms with Gasteiger partial charge in [0.1, 0.15) is 11.9 Å². The molecule has 1 rings (SSSR count). The molecule has 0 amide bonds. The fourth-order valence-corrected chi connectivity index (χ4v) is 0.834. The summed E-state index contributed by atoms with van der Waals surface area (Å²) in [5.74, 6) is 3.35. The van der Waals surface area contributed by atoms with E-state index in [1.807, 2.05) is 6.07 Å².